The number of aliphatic hydroxyl groups excluding tert-OH is 2. The van der Waals surface area contributed by atoms with E-state index in [0.717, 1.165) is 4.57 Å². The minimum Gasteiger partial charge on any atom is -0.387 e. The third-order valence-electron chi connectivity index (χ3n) is 4.52. The maximum absolute atomic E-state index is 12.4. The Bertz CT molecular complexity index is 1120. The lowest BCUT2D eigenvalue weighted by molar-refractivity contribution is -0.117. The van der Waals surface area contributed by atoms with Crippen LogP contribution in [-0.2, 0) is 36.4 Å². The number of nitrogens with zero attached hydrogens (tertiary/aromatic N) is 2. The standard InChI is InChI=1S/C15H26N3O15P3/c1-9(19)4-2-3-6-16-11-5-7-18(15(22)17-11)14-13(21)12(20)10(31-14)8-30-35(26,27)33-36(28,29)32-34(23,24)25/h5,7,10,12-14,20-21H,2-4,6,8H2,1H3,(H,26,27)(H,28,29)(H,16,17,22)(H2,23,24,25)/t10-,12-,13-,14-/m1/s1. The molecule has 0 bridgehead atoms. The predicted molar refractivity (Wildman–Crippen MR) is 117 cm³/mol. The molecule has 2 rings (SSSR count). The SMILES string of the molecule is CC(=O)CCCCNc1ccn([C@@H]2O[C@H](COP(=O)(O)OP(=O)(O)OP(=O)(O)O)[C@@H](O)[C@H]2O)c(=O)n1. The summed E-state index contributed by atoms with van der Waals surface area (Å²) in [6.07, 6.45) is -3.62. The number of phosphoric ester groups is 1. The minimum absolute atomic E-state index is 0.0633. The van der Waals surface area contributed by atoms with Crippen molar-refractivity contribution in [3.63, 3.8) is 0 Å². The van der Waals surface area contributed by atoms with E-state index >= 15 is 0 Å². The summed E-state index contributed by atoms with van der Waals surface area (Å²) in [5.41, 5.74) is -0.881. The average molecular weight is 581 g/mol. The monoisotopic (exact) mass is 581 g/mol. The lowest BCUT2D eigenvalue weighted by Gasteiger charge is -2.19. The Hall–Kier alpha value is -1.36. The van der Waals surface area contributed by atoms with Gasteiger partial charge in [0, 0.05) is 19.2 Å². The Kier molecular flexibility index (Phi) is 10.7. The van der Waals surface area contributed by atoms with Crippen molar-refractivity contribution in [2.45, 2.75) is 50.7 Å². The Morgan fingerprint density at radius 3 is 2.36 bits per heavy atom. The molecular weight excluding hydrogens is 555 g/mol. The van der Waals surface area contributed by atoms with E-state index in [1.807, 2.05) is 0 Å². The first-order valence-corrected chi connectivity index (χ1v) is 14.6. The van der Waals surface area contributed by atoms with Gasteiger partial charge in [-0.1, -0.05) is 0 Å². The smallest absolute Gasteiger partial charge is 0.387 e. The summed E-state index contributed by atoms with van der Waals surface area (Å²) in [7, 11) is -16.8. The number of aromatic nitrogens is 2. The van der Waals surface area contributed by atoms with Crippen molar-refractivity contribution in [2.24, 2.45) is 0 Å². The molecule has 2 unspecified atom stereocenters. The number of hydrogen-bond donors (Lipinski definition) is 7. The number of nitrogens with one attached hydrogen (secondary N) is 1. The number of Topliss-reactive ketones (excluding diaryl/α,β-unsaturated/α-hetero) is 1. The van der Waals surface area contributed by atoms with Crippen molar-refractivity contribution in [3.05, 3.63) is 22.7 Å². The van der Waals surface area contributed by atoms with E-state index in [1.165, 1.54) is 19.2 Å². The molecule has 1 aromatic rings. The van der Waals surface area contributed by atoms with Gasteiger partial charge in [-0.25, -0.2) is 18.5 Å². The van der Waals surface area contributed by atoms with Crippen LogP contribution in [0.5, 0.6) is 0 Å². The molecular formula is C15H26N3O15P3. The molecule has 0 saturated carbocycles. The highest BCUT2D eigenvalue weighted by molar-refractivity contribution is 7.66. The van der Waals surface area contributed by atoms with Crippen LogP contribution in [0.2, 0.25) is 0 Å². The van der Waals surface area contributed by atoms with Crippen LogP contribution in [0.1, 0.15) is 32.4 Å². The van der Waals surface area contributed by atoms with E-state index in [-0.39, 0.29) is 11.6 Å². The maximum Gasteiger partial charge on any atom is 0.490 e. The molecule has 1 aliphatic rings. The number of carbonyl (C=O) groups is 1. The van der Waals surface area contributed by atoms with Gasteiger partial charge in [-0.05, 0) is 25.8 Å². The highest BCUT2D eigenvalue weighted by Gasteiger charge is 2.46. The van der Waals surface area contributed by atoms with Gasteiger partial charge < -0.3 is 44.6 Å². The first-order valence-electron chi connectivity index (χ1n) is 10.1. The Morgan fingerprint density at radius 2 is 1.78 bits per heavy atom. The number of phosphoric acid groups is 3. The summed E-state index contributed by atoms with van der Waals surface area (Å²) < 4.78 is 51.5. The minimum atomic E-state index is -5.74. The summed E-state index contributed by atoms with van der Waals surface area (Å²) >= 11 is 0. The maximum atomic E-state index is 12.4. The van der Waals surface area contributed by atoms with Gasteiger partial charge in [0.05, 0.1) is 6.61 Å². The van der Waals surface area contributed by atoms with E-state index in [1.54, 1.807) is 0 Å². The topological polar surface area (TPSA) is 273 Å². The van der Waals surface area contributed by atoms with E-state index in [0.29, 0.717) is 25.8 Å². The molecule has 0 radical (unpaired) electrons. The summed E-state index contributed by atoms with van der Waals surface area (Å²) in [4.78, 5) is 62.7. The fourth-order valence-corrected chi connectivity index (χ4v) is 6.02. The number of carbonyl (C=O) groups excluding carboxylic acids is 1. The van der Waals surface area contributed by atoms with Gasteiger partial charge in [-0.3, -0.25) is 9.09 Å². The van der Waals surface area contributed by atoms with E-state index < -0.39 is 60.3 Å². The highest BCUT2D eigenvalue weighted by atomic mass is 31.3. The molecule has 18 nitrogen and oxygen atoms in total. The molecule has 1 fully saturated rings. The molecule has 36 heavy (non-hydrogen) atoms. The summed E-state index contributed by atoms with van der Waals surface area (Å²) in [5, 5.41) is 23.3. The lowest BCUT2D eigenvalue weighted by atomic mass is 10.1. The normalized spacial score (nSPS) is 25.8. The predicted octanol–water partition coefficient (Wildman–Crippen LogP) is -0.623. The van der Waals surface area contributed by atoms with Crippen LogP contribution in [0.25, 0.3) is 0 Å². The Balaban J connectivity index is 1.97. The van der Waals surface area contributed by atoms with E-state index in [9.17, 15) is 38.4 Å². The van der Waals surface area contributed by atoms with Gasteiger partial charge in [-0.15, -0.1) is 0 Å². The molecule has 1 aliphatic heterocycles. The van der Waals surface area contributed by atoms with Crippen molar-refractivity contribution in [3.8, 4) is 0 Å². The van der Waals surface area contributed by atoms with Crippen molar-refractivity contribution in [2.75, 3.05) is 18.5 Å². The first kappa shape index (κ1) is 30.9. The average Bonchev–Trinajstić information content (AvgIpc) is 2.97. The van der Waals surface area contributed by atoms with Crippen LogP contribution in [0.4, 0.5) is 5.82 Å². The summed E-state index contributed by atoms with van der Waals surface area (Å²) in [6, 6.07) is 1.38. The zero-order chi connectivity index (χ0) is 27.3. The molecule has 1 saturated heterocycles. The van der Waals surface area contributed by atoms with Crippen molar-refractivity contribution in [1.82, 2.24) is 9.55 Å². The number of rotatable bonds is 14. The number of ketones is 1. The van der Waals surface area contributed by atoms with Gasteiger partial charge in [0.15, 0.2) is 6.23 Å². The fraction of sp³-hybridized carbons (Fsp3) is 0.667. The quantitative estimate of drug-likeness (QED) is 0.106. The van der Waals surface area contributed by atoms with Crippen LogP contribution in [0.3, 0.4) is 0 Å². The molecule has 7 N–H and O–H groups in total. The van der Waals surface area contributed by atoms with Crippen LogP contribution in [0, 0.1) is 0 Å². The number of unbranched alkanes of at least 4 members (excludes halogenated alkanes) is 1. The largest absolute Gasteiger partial charge is 0.490 e. The van der Waals surface area contributed by atoms with Gasteiger partial charge in [0.1, 0.15) is 29.9 Å². The van der Waals surface area contributed by atoms with Crippen LogP contribution >= 0.6 is 23.5 Å². The number of aliphatic hydroxyl groups is 2. The fourth-order valence-electron chi connectivity index (χ4n) is 2.99. The van der Waals surface area contributed by atoms with Crippen molar-refractivity contribution in [1.29, 1.82) is 0 Å². The molecule has 0 aliphatic carbocycles. The zero-order valence-electron chi connectivity index (χ0n) is 18.6. The first-order chi connectivity index (χ1) is 16.5. The second-order valence-electron chi connectivity index (χ2n) is 7.52. The van der Waals surface area contributed by atoms with Crippen LogP contribution < -0.4 is 11.0 Å². The van der Waals surface area contributed by atoms with Crippen molar-refractivity contribution >= 4 is 35.1 Å². The molecule has 206 valence electrons. The van der Waals surface area contributed by atoms with Gasteiger partial charge in [-0.2, -0.15) is 13.6 Å². The third kappa shape index (κ3) is 9.84. The van der Waals surface area contributed by atoms with Gasteiger partial charge >= 0.3 is 29.2 Å². The number of hydrogen-bond acceptors (Lipinski definition) is 13. The number of anilines is 1. The van der Waals surface area contributed by atoms with E-state index in [4.69, 9.17) is 19.4 Å². The molecule has 21 heteroatoms. The highest BCUT2D eigenvalue weighted by Crippen LogP contribution is 2.66. The van der Waals surface area contributed by atoms with Crippen molar-refractivity contribution < 1.29 is 66.2 Å². The molecule has 6 atom stereocenters. The second kappa shape index (κ2) is 12.5. The Labute approximate surface area is 203 Å². The lowest BCUT2D eigenvalue weighted by Crippen LogP contribution is -2.36. The molecule has 2 heterocycles. The van der Waals surface area contributed by atoms with Gasteiger partial charge in [0.2, 0.25) is 0 Å². The molecule has 0 spiro atoms. The van der Waals surface area contributed by atoms with Gasteiger partial charge in [0.25, 0.3) is 0 Å². The molecule has 1 aromatic heterocycles. The van der Waals surface area contributed by atoms with E-state index in [2.05, 4.69) is 23.4 Å². The van der Waals surface area contributed by atoms with Crippen LogP contribution in [-0.4, -0.2) is 76.6 Å². The molecule has 0 amide bonds. The molecule has 0 aromatic carbocycles. The zero-order valence-corrected chi connectivity index (χ0v) is 21.3. The van der Waals surface area contributed by atoms with Crippen LogP contribution in [0.15, 0.2) is 17.1 Å². The summed E-state index contributed by atoms with van der Waals surface area (Å²) in [6.45, 7) is 0.893. The number of ether oxygens (including phenoxy) is 1. The second-order valence-corrected chi connectivity index (χ2v) is 11.9. The third-order valence-corrected chi connectivity index (χ3v) is 8.32. The Morgan fingerprint density at radius 1 is 1.11 bits per heavy atom. The summed E-state index contributed by atoms with van der Waals surface area (Å²) in [5.74, 6) is 0.268.